The molecule has 26 heavy (non-hydrogen) atoms. The van der Waals surface area contributed by atoms with Gasteiger partial charge in [-0.05, 0) is 48.9 Å². The molecular formula is C17H16FN3O4S. The summed E-state index contributed by atoms with van der Waals surface area (Å²) in [6.45, 7) is 1.47. The molecule has 0 saturated heterocycles. The van der Waals surface area contributed by atoms with Gasteiger partial charge in [0, 0.05) is 12.6 Å². The van der Waals surface area contributed by atoms with E-state index in [2.05, 4.69) is 9.82 Å². The summed E-state index contributed by atoms with van der Waals surface area (Å²) in [6, 6.07) is 9.81. The lowest BCUT2D eigenvalue weighted by Crippen LogP contribution is -2.32. The molecular weight excluding hydrogens is 361 g/mol. The molecule has 0 bridgehead atoms. The van der Waals surface area contributed by atoms with Crippen LogP contribution in [0.25, 0.3) is 11.5 Å². The molecule has 136 valence electrons. The van der Waals surface area contributed by atoms with E-state index in [0.29, 0.717) is 11.5 Å². The Balaban J connectivity index is 1.72. The lowest BCUT2D eigenvalue weighted by molar-refractivity contribution is 0.539. The summed E-state index contributed by atoms with van der Waals surface area (Å²) < 4.78 is 46.6. The molecule has 0 spiro atoms. The summed E-state index contributed by atoms with van der Waals surface area (Å²) in [5.41, 5.74) is 0.334. The molecule has 3 aromatic rings. The van der Waals surface area contributed by atoms with Crippen molar-refractivity contribution in [2.45, 2.75) is 18.4 Å². The number of rotatable bonds is 6. The van der Waals surface area contributed by atoms with Gasteiger partial charge in [-0.15, -0.1) is 0 Å². The van der Waals surface area contributed by atoms with Gasteiger partial charge in [0.2, 0.25) is 10.0 Å². The van der Waals surface area contributed by atoms with Crippen molar-refractivity contribution < 1.29 is 17.2 Å². The van der Waals surface area contributed by atoms with Gasteiger partial charge >= 0.3 is 0 Å². The van der Waals surface area contributed by atoms with Gasteiger partial charge < -0.3 is 4.42 Å². The number of aromatic nitrogens is 2. The van der Waals surface area contributed by atoms with Gasteiger partial charge in [-0.2, -0.15) is 5.10 Å². The Bertz CT molecular complexity index is 1080. The fourth-order valence-electron chi connectivity index (χ4n) is 2.32. The minimum absolute atomic E-state index is 0.0345. The van der Waals surface area contributed by atoms with E-state index >= 15 is 0 Å². The van der Waals surface area contributed by atoms with Crippen LogP contribution in [0, 0.1) is 12.7 Å². The molecule has 3 rings (SSSR count). The van der Waals surface area contributed by atoms with E-state index in [4.69, 9.17) is 4.42 Å². The summed E-state index contributed by atoms with van der Waals surface area (Å²) >= 11 is 0. The topological polar surface area (TPSA) is 94.2 Å². The Morgan fingerprint density at radius 2 is 2.04 bits per heavy atom. The summed E-state index contributed by atoms with van der Waals surface area (Å²) in [4.78, 5) is 11.9. The van der Waals surface area contributed by atoms with E-state index in [1.807, 2.05) is 0 Å². The number of nitrogens with zero attached hydrogens (tertiary/aromatic N) is 2. The van der Waals surface area contributed by atoms with Crippen LogP contribution < -0.4 is 10.3 Å². The van der Waals surface area contributed by atoms with Crippen molar-refractivity contribution >= 4 is 10.0 Å². The molecule has 2 heterocycles. The minimum Gasteiger partial charge on any atom is -0.463 e. The minimum atomic E-state index is -3.81. The van der Waals surface area contributed by atoms with Crippen LogP contribution >= 0.6 is 0 Å². The molecule has 0 aliphatic rings. The normalized spacial score (nSPS) is 11.6. The first-order chi connectivity index (χ1) is 12.4. The van der Waals surface area contributed by atoms with Crippen LogP contribution in [-0.2, 0) is 16.6 Å². The van der Waals surface area contributed by atoms with Gasteiger partial charge in [0.25, 0.3) is 5.56 Å². The Labute approximate surface area is 149 Å². The third kappa shape index (κ3) is 3.89. The molecule has 0 unspecified atom stereocenters. The van der Waals surface area contributed by atoms with E-state index in [0.717, 1.165) is 10.7 Å². The molecule has 0 saturated carbocycles. The quantitative estimate of drug-likeness (QED) is 0.708. The number of halogens is 1. The molecule has 0 aliphatic carbocycles. The Morgan fingerprint density at radius 1 is 1.23 bits per heavy atom. The van der Waals surface area contributed by atoms with Crippen LogP contribution in [0.1, 0.15) is 5.56 Å². The number of sulfonamides is 1. The van der Waals surface area contributed by atoms with E-state index in [1.165, 1.54) is 37.5 Å². The first-order valence-electron chi connectivity index (χ1n) is 7.75. The van der Waals surface area contributed by atoms with Crippen LogP contribution in [0.3, 0.4) is 0 Å². The number of furan rings is 1. The van der Waals surface area contributed by atoms with Gasteiger partial charge in [0.1, 0.15) is 11.5 Å². The summed E-state index contributed by atoms with van der Waals surface area (Å²) in [5.74, 6) is 0.0237. The van der Waals surface area contributed by atoms with Crippen molar-refractivity contribution in [1.29, 1.82) is 0 Å². The Morgan fingerprint density at radius 3 is 2.73 bits per heavy atom. The fourth-order valence-corrected chi connectivity index (χ4v) is 3.42. The average molecular weight is 377 g/mol. The zero-order valence-electron chi connectivity index (χ0n) is 13.8. The Kier molecular flexibility index (Phi) is 5.01. The third-order valence-corrected chi connectivity index (χ3v) is 5.15. The Hall–Kier alpha value is -2.78. The smallest absolute Gasteiger partial charge is 0.266 e. The van der Waals surface area contributed by atoms with Gasteiger partial charge in [0.05, 0.1) is 17.7 Å². The van der Waals surface area contributed by atoms with Crippen molar-refractivity contribution in [2.24, 2.45) is 0 Å². The fraction of sp³-hybridized carbons (Fsp3) is 0.176. The van der Waals surface area contributed by atoms with Crippen LogP contribution in [0.15, 0.2) is 62.8 Å². The zero-order chi connectivity index (χ0) is 18.7. The van der Waals surface area contributed by atoms with Crippen LogP contribution in [0.4, 0.5) is 4.39 Å². The lowest BCUT2D eigenvalue weighted by atomic mass is 10.2. The maximum atomic E-state index is 13.3. The first kappa shape index (κ1) is 18.0. The third-order valence-electron chi connectivity index (χ3n) is 3.70. The summed E-state index contributed by atoms with van der Waals surface area (Å²) in [7, 11) is -3.81. The van der Waals surface area contributed by atoms with Crippen molar-refractivity contribution in [3.63, 3.8) is 0 Å². The monoisotopic (exact) mass is 377 g/mol. The molecule has 0 aliphatic heterocycles. The number of hydrogen-bond acceptors (Lipinski definition) is 5. The van der Waals surface area contributed by atoms with Gasteiger partial charge in [0.15, 0.2) is 5.76 Å². The highest BCUT2D eigenvalue weighted by molar-refractivity contribution is 7.89. The molecule has 0 atom stereocenters. The van der Waals surface area contributed by atoms with Crippen molar-refractivity contribution in [1.82, 2.24) is 14.5 Å². The van der Waals surface area contributed by atoms with Crippen molar-refractivity contribution in [3.05, 3.63) is 70.5 Å². The molecule has 7 nitrogen and oxygen atoms in total. The molecule has 9 heteroatoms. The predicted octanol–water partition coefficient (Wildman–Crippen LogP) is 1.93. The first-order valence-corrected chi connectivity index (χ1v) is 9.23. The van der Waals surface area contributed by atoms with Crippen LogP contribution in [0.2, 0.25) is 0 Å². The second-order valence-corrected chi connectivity index (χ2v) is 7.33. The van der Waals surface area contributed by atoms with Crippen molar-refractivity contribution in [2.75, 3.05) is 6.54 Å². The van der Waals surface area contributed by atoms with E-state index in [-0.39, 0.29) is 29.1 Å². The van der Waals surface area contributed by atoms with Gasteiger partial charge in [-0.3, -0.25) is 4.79 Å². The molecule has 0 fully saturated rings. The average Bonchev–Trinajstić information content (AvgIpc) is 3.13. The largest absolute Gasteiger partial charge is 0.463 e. The second kappa shape index (κ2) is 7.22. The standard InChI is InChI=1S/C17H16FN3O4S/c1-12-11-13(4-5-14(12)18)26(23,24)19-8-9-21-17(22)7-6-15(20-21)16-3-2-10-25-16/h2-7,10-11,19H,8-9H2,1H3. The highest BCUT2D eigenvalue weighted by atomic mass is 32.2. The van der Waals surface area contributed by atoms with Gasteiger partial charge in [-0.25, -0.2) is 22.2 Å². The second-order valence-electron chi connectivity index (χ2n) is 5.57. The molecule has 2 aromatic heterocycles. The van der Waals surface area contributed by atoms with Gasteiger partial charge in [-0.1, -0.05) is 0 Å². The molecule has 0 amide bonds. The summed E-state index contributed by atoms with van der Waals surface area (Å²) in [5, 5.41) is 4.16. The molecule has 1 N–H and O–H groups in total. The molecule has 0 radical (unpaired) electrons. The number of aryl methyl sites for hydroxylation is 1. The predicted molar refractivity (Wildman–Crippen MR) is 92.5 cm³/mol. The zero-order valence-corrected chi connectivity index (χ0v) is 14.7. The summed E-state index contributed by atoms with van der Waals surface area (Å²) in [6.07, 6.45) is 1.49. The lowest BCUT2D eigenvalue weighted by Gasteiger charge is -2.09. The van der Waals surface area contributed by atoms with E-state index in [9.17, 15) is 17.6 Å². The maximum absolute atomic E-state index is 13.3. The van der Waals surface area contributed by atoms with E-state index in [1.54, 1.807) is 12.1 Å². The highest BCUT2D eigenvalue weighted by Crippen LogP contribution is 2.15. The van der Waals surface area contributed by atoms with E-state index < -0.39 is 15.8 Å². The van der Waals surface area contributed by atoms with Crippen LogP contribution in [-0.4, -0.2) is 24.7 Å². The number of nitrogens with one attached hydrogen (secondary N) is 1. The van der Waals surface area contributed by atoms with Crippen molar-refractivity contribution in [3.8, 4) is 11.5 Å². The highest BCUT2D eigenvalue weighted by Gasteiger charge is 2.15. The van der Waals surface area contributed by atoms with Crippen LogP contribution in [0.5, 0.6) is 0 Å². The maximum Gasteiger partial charge on any atom is 0.266 e. The SMILES string of the molecule is Cc1cc(S(=O)(=O)NCCn2nc(-c3ccco3)ccc2=O)ccc1F. The number of benzene rings is 1. The number of hydrogen-bond donors (Lipinski definition) is 1. The molecule has 1 aromatic carbocycles.